The van der Waals surface area contributed by atoms with Gasteiger partial charge in [-0.25, -0.2) is 4.99 Å². The Morgan fingerprint density at radius 3 is 2.43 bits per heavy atom. The number of nitrogens with one attached hydrogen (secondary N) is 2. The molecule has 0 unspecified atom stereocenters. The van der Waals surface area contributed by atoms with Crippen LogP contribution in [0.25, 0.3) is 0 Å². The van der Waals surface area contributed by atoms with Gasteiger partial charge >= 0.3 is 0 Å². The number of hydrogen-bond donors (Lipinski definition) is 2. The molecule has 2 fully saturated rings. The monoisotopic (exact) mass is 385 g/mol. The van der Waals surface area contributed by atoms with Crippen LogP contribution in [0.3, 0.4) is 0 Å². The minimum absolute atomic E-state index is 0.0465. The molecule has 28 heavy (non-hydrogen) atoms. The van der Waals surface area contributed by atoms with Crippen molar-refractivity contribution in [3.8, 4) is 0 Å². The molecule has 1 saturated heterocycles. The van der Waals surface area contributed by atoms with Crippen LogP contribution in [0.5, 0.6) is 0 Å². The fraction of sp³-hybridized carbons (Fsp3) is 0.636. The van der Waals surface area contributed by atoms with Gasteiger partial charge in [-0.2, -0.15) is 0 Å². The second-order valence-corrected chi connectivity index (χ2v) is 8.19. The van der Waals surface area contributed by atoms with E-state index >= 15 is 0 Å². The topological polar surface area (TPSA) is 60.0 Å². The molecular weight excluding hydrogens is 350 g/mol. The van der Waals surface area contributed by atoms with Crippen LogP contribution >= 0.6 is 0 Å². The summed E-state index contributed by atoms with van der Waals surface area (Å²) >= 11 is 0. The van der Waals surface area contributed by atoms with Crippen LogP contribution in [-0.2, 0) is 11.3 Å². The highest BCUT2D eigenvalue weighted by atomic mass is 16.2. The van der Waals surface area contributed by atoms with Gasteiger partial charge in [-0.1, -0.05) is 43.2 Å². The molecule has 1 aromatic rings. The number of carbonyl (C=O) groups is 1. The van der Waals surface area contributed by atoms with Crippen molar-refractivity contribution in [2.24, 2.45) is 4.99 Å². The first-order chi connectivity index (χ1) is 13.6. The Morgan fingerprint density at radius 1 is 1.11 bits per heavy atom. The summed E-state index contributed by atoms with van der Waals surface area (Å²) in [5.41, 5.74) is 1.17. The highest BCUT2D eigenvalue weighted by Gasteiger charge is 2.27. The summed E-state index contributed by atoms with van der Waals surface area (Å²) in [6, 6.07) is 11.4. The number of carbonyl (C=O) groups excluding carboxylic acids is 1. The highest BCUT2D eigenvalue weighted by molar-refractivity contribution is 5.86. The van der Waals surface area contributed by atoms with Crippen LogP contribution in [0.15, 0.2) is 35.3 Å². The second kappa shape index (κ2) is 10.5. The van der Waals surface area contributed by atoms with Gasteiger partial charge in [-0.05, 0) is 31.2 Å². The van der Waals surface area contributed by atoms with E-state index in [1.807, 2.05) is 18.2 Å². The largest absolute Gasteiger partial charge is 0.354 e. The summed E-state index contributed by atoms with van der Waals surface area (Å²) in [5.74, 6) is 0.781. The van der Waals surface area contributed by atoms with Crippen molar-refractivity contribution >= 4 is 11.9 Å². The second-order valence-electron chi connectivity index (χ2n) is 8.19. The summed E-state index contributed by atoms with van der Waals surface area (Å²) in [6.07, 6.45) is 7.78. The summed E-state index contributed by atoms with van der Waals surface area (Å²) < 4.78 is 0. The van der Waals surface area contributed by atoms with Gasteiger partial charge < -0.3 is 20.4 Å². The molecule has 0 atom stereocenters. The van der Waals surface area contributed by atoms with Crippen molar-refractivity contribution in [2.45, 2.75) is 57.2 Å². The lowest BCUT2D eigenvalue weighted by Crippen LogP contribution is -2.51. The molecule has 154 valence electrons. The number of likely N-dealkylation sites (tertiary alicyclic amines) is 1. The highest BCUT2D eigenvalue weighted by Crippen LogP contribution is 2.26. The van der Waals surface area contributed by atoms with Crippen molar-refractivity contribution in [2.75, 3.05) is 33.7 Å². The van der Waals surface area contributed by atoms with E-state index in [1.165, 1.54) is 31.2 Å². The molecule has 0 aromatic heterocycles. The molecule has 1 amide bonds. The molecule has 6 heteroatoms. The third kappa shape index (κ3) is 6.23. The van der Waals surface area contributed by atoms with Gasteiger partial charge in [0, 0.05) is 39.3 Å². The quantitative estimate of drug-likeness (QED) is 0.582. The molecule has 2 aliphatic rings. The number of nitrogens with zero attached hydrogens (tertiary/aromatic N) is 3. The number of hydrogen-bond acceptors (Lipinski definition) is 3. The van der Waals surface area contributed by atoms with Crippen LogP contribution in [0, 0.1) is 0 Å². The third-order valence-corrected chi connectivity index (χ3v) is 5.88. The maximum absolute atomic E-state index is 12.0. The minimum Gasteiger partial charge on any atom is -0.354 e. The zero-order valence-corrected chi connectivity index (χ0v) is 17.4. The summed E-state index contributed by atoms with van der Waals surface area (Å²) in [5, 5.41) is 6.79. The van der Waals surface area contributed by atoms with Crippen LogP contribution in [0.4, 0.5) is 0 Å². The molecule has 2 N–H and O–H groups in total. The zero-order chi connectivity index (χ0) is 19.8. The number of rotatable bonds is 6. The number of guanidine groups is 1. The Hall–Kier alpha value is -2.08. The van der Waals surface area contributed by atoms with Crippen molar-refractivity contribution in [3.05, 3.63) is 35.9 Å². The first-order valence-electron chi connectivity index (χ1n) is 10.6. The maximum atomic E-state index is 12.0. The fourth-order valence-corrected chi connectivity index (χ4v) is 4.10. The lowest BCUT2D eigenvalue weighted by atomic mass is 10.0. The number of benzene rings is 1. The minimum atomic E-state index is 0.0465. The van der Waals surface area contributed by atoms with E-state index in [1.54, 1.807) is 19.0 Å². The number of piperidine rings is 1. The SMILES string of the molecule is CN(C)C(=O)CNC(=NCc1ccccc1)NC1CCN(C2CCCC2)CC1. The Balaban J connectivity index is 1.54. The molecule has 3 rings (SSSR count). The van der Waals surface area contributed by atoms with E-state index in [9.17, 15) is 4.79 Å². The Kier molecular flexibility index (Phi) is 7.71. The summed E-state index contributed by atoms with van der Waals surface area (Å²) in [4.78, 5) is 21.0. The third-order valence-electron chi connectivity index (χ3n) is 5.88. The first-order valence-corrected chi connectivity index (χ1v) is 10.6. The van der Waals surface area contributed by atoms with E-state index in [4.69, 9.17) is 4.99 Å². The molecule has 6 nitrogen and oxygen atoms in total. The Bertz CT molecular complexity index is 632. The molecule has 1 aromatic carbocycles. The van der Waals surface area contributed by atoms with Crippen molar-refractivity contribution in [1.29, 1.82) is 0 Å². The summed E-state index contributed by atoms with van der Waals surface area (Å²) in [7, 11) is 3.55. The molecule has 1 saturated carbocycles. The molecule has 0 bridgehead atoms. The van der Waals surface area contributed by atoms with Crippen LogP contribution in [-0.4, -0.2) is 67.5 Å². The van der Waals surface area contributed by atoms with E-state index in [-0.39, 0.29) is 12.5 Å². The number of likely N-dealkylation sites (N-methyl/N-ethyl adjacent to an activating group) is 1. The van der Waals surface area contributed by atoms with Gasteiger partial charge in [-0.15, -0.1) is 0 Å². The van der Waals surface area contributed by atoms with Gasteiger partial charge in [0.15, 0.2) is 5.96 Å². The number of aliphatic imine (C=N–C) groups is 1. The maximum Gasteiger partial charge on any atom is 0.241 e. The zero-order valence-electron chi connectivity index (χ0n) is 17.4. The average Bonchev–Trinajstić information content (AvgIpc) is 3.26. The van der Waals surface area contributed by atoms with E-state index in [0.717, 1.165) is 37.9 Å². The van der Waals surface area contributed by atoms with Gasteiger partial charge in [-0.3, -0.25) is 4.79 Å². The molecule has 0 spiro atoms. The Labute approximate surface area is 169 Å². The lowest BCUT2D eigenvalue weighted by Gasteiger charge is -2.36. The van der Waals surface area contributed by atoms with Crippen LogP contribution in [0.2, 0.25) is 0 Å². The lowest BCUT2D eigenvalue weighted by molar-refractivity contribution is -0.127. The standard InChI is InChI=1S/C22H35N5O/c1-26(2)21(28)17-24-22(23-16-18-8-4-3-5-9-18)25-19-12-14-27(15-13-19)20-10-6-7-11-20/h3-5,8-9,19-20H,6-7,10-17H2,1-2H3,(H2,23,24,25). The predicted molar refractivity (Wildman–Crippen MR) is 114 cm³/mol. The smallest absolute Gasteiger partial charge is 0.241 e. The molecular formula is C22H35N5O. The normalized spacial score (nSPS) is 19.6. The van der Waals surface area contributed by atoms with E-state index < -0.39 is 0 Å². The van der Waals surface area contributed by atoms with E-state index in [2.05, 4.69) is 27.7 Å². The molecule has 0 radical (unpaired) electrons. The van der Waals surface area contributed by atoms with Gasteiger partial charge in [0.25, 0.3) is 0 Å². The van der Waals surface area contributed by atoms with Gasteiger partial charge in [0.1, 0.15) is 0 Å². The molecule has 1 aliphatic heterocycles. The van der Waals surface area contributed by atoms with Crippen molar-refractivity contribution in [3.63, 3.8) is 0 Å². The fourth-order valence-electron chi connectivity index (χ4n) is 4.10. The van der Waals surface area contributed by atoms with Gasteiger partial charge in [0.2, 0.25) is 5.91 Å². The van der Waals surface area contributed by atoms with Crippen molar-refractivity contribution in [1.82, 2.24) is 20.4 Å². The van der Waals surface area contributed by atoms with Crippen LogP contribution in [0.1, 0.15) is 44.1 Å². The number of amides is 1. The van der Waals surface area contributed by atoms with Crippen LogP contribution < -0.4 is 10.6 Å². The Morgan fingerprint density at radius 2 is 1.79 bits per heavy atom. The summed E-state index contributed by atoms with van der Waals surface area (Å²) in [6.45, 7) is 3.18. The first kappa shape index (κ1) is 20.6. The van der Waals surface area contributed by atoms with Crippen molar-refractivity contribution < 1.29 is 4.79 Å². The molecule has 1 aliphatic carbocycles. The molecule has 1 heterocycles. The van der Waals surface area contributed by atoms with Gasteiger partial charge in [0.05, 0.1) is 13.1 Å². The average molecular weight is 386 g/mol. The van der Waals surface area contributed by atoms with E-state index in [0.29, 0.717) is 12.6 Å². The predicted octanol–water partition coefficient (Wildman–Crippen LogP) is 2.22.